The molecule has 2 N–H and O–H groups in total. The van der Waals surface area contributed by atoms with Crippen LogP contribution in [0.5, 0.6) is 5.75 Å². The number of hydrogen-bond acceptors (Lipinski definition) is 6. The summed E-state index contributed by atoms with van der Waals surface area (Å²) in [6.45, 7) is 0. The highest BCUT2D eigenvalue weighted by molar-refractivity contribution is 5.93. The Morgan fingerprint density at radius 1 is 1.53 bits per heavy atom. The van der Waals surface area contributed by atoms with E-state index >= 15 is 0 Å². The Kier molecular flexibility index (Phi) is 2.87. The average Bonchev–Trinajstić information content (AvgIpc) is 2.37. The summed E-state index contributed by atoms with van der Waals surface area (Å²) in [5.41, 5.74) is -2.23. The van der Waals surface area contributed by atoms with Gasteiger partial charge in [-0.25, -0.2) is 4.79 Å². The molecule has 0 saturated carbocycles. The molecule has 2 rings (SSSR count). The third kappa shape index (κ3) is 1.97. The SMILES string of the molecule is COc1cc([N+](=O)[O-])c2[nH]nc(C(=O)O)c(=O)c2c1. The molecular formula is C10H7N3O6. The predicted octanol–water partition coefficient (Wildman–Crippen LogP) is 0.538. The Balaban J connectivity index is 2.94. The van der Waals surface area contributed by atoms with Crippen LogP contribution in [-0.2, 0) is 0 Å². The maximum Gasteiger partial charge on any atom is 0.360 e. The number of hydrogen-bond donors (Lipinski definition) is 2. The van der Waals surface area contributed by atoms with Gasteiger partial charge < -0.3 is 9.84 Å². The fourth-order valence-electron chi connectivity index (χ4n) is 1.59. The minimum Gasteiger partial charge on any atom is -0.496 e. The number of ether oxygens (including phenoxy) is 1. The summed E-state index contributed by atoms with van der Waals surface area (Å²) in [4.78, 5) is 32.8. The standard InChI is InChI=1S/C10H7N3O6/c1-19-4-2-5-7(6(3-4)13(17)18)11-12-8(9(5)14)10(15)16/h2-3H,1H3,(H,11,14)(H,15,16). The van der Waals surface area contributed by atoms with Crippen molar-refractivity contribution in [3.63, 3.8) is 0 Å². The van der Waals surface area contributed by atoms with Crippen LogP contribution >= 0.6 is 0 Å². The van der Waals surface area contributed by atoms with Gasteiger partial charge >= 0.3 is 5.97 Å². The number of carboxylic acid groups (broad SMARTS) is 1. The van der Waals surface area contributed by atoms with Crippen molar-refractivity contribution >= 4 is 22.6 Å². The maximum absolute atomic E-state index is 11.9. The number of nitro benzene ring substituents is 1. The molecular weight excluding hydrogens is 258 g/mol. The number of nitrogens with zero attached hydrogens (tertiary/aromatic N) is 2. The van der Waals surface area contributed by atoms with Crippen molar-refractivity contribution < 1.29 is 19.6 Å². The molecule has 1 aromatic heterocycles. The number of nitrogens with one attached hydrogen (secondary N) is 1. The van der Waals surface area contributed by atoms with E-state index in [4.69, 9.17) is 9.84 Å². The monoisotopic (exact) mass is 265 g/mol. The lowest BCUT2D eigenvalue weighted by Crippen LogP contribution is -2.19. The van der Waals surface area contributed by atoms with Gasteiger partial charge in [0.1, 0.15) is 11.3 Å². The summed E-state index contributed by atoms with van der Waals surface area (Å²) in [6.07, 6.45) is 0. The highest BCUT2D eigenvalue weighted by atomic mass is 16.6. The molecule has 0 saturated heterocycles. The molecule has 0 atom stereocenters. The third-order valence-electron chi connectivity index (χ3n) is 2.47. The lowest BCUT2D eigenvalue weighted by Gasteiger charge is -2.04. The van der Waals surface area contributed by atoms with Gasteiger partial charge in [-0.05, 0) is 6.07 Å². The minimum atomic E-state index is -1.52. The van der Waals surface area contributed by atoms with Gasteiger partial charge in [-0.15, -0.1) is 0 Å². The van der Waals surface area contributed by atoms with E-state index in [-0.39, 0.29) is 16.7 Å². The van der Waals surface area contributed by atoms with Crippen LogP contribution in [0.1, 0.15) is 10.5 Å². The zero-order valence-electron chi connectivity index (χ0n) is 9.54. The van der Waals surface area contributed by atoms with Crippen LogP contribution in [0.3, 0.4) is 0 Å². The fraction of sp³-hybridized carbons (Fsp3) is 0.100. The van der Waals surface area contributed by atoms with E-state index in [1.54, 1.807) is 0 Å². The lowest BCUT2D eigenvalue weighted by molar-refractivity contribution is -0.383. The van der Waals surface area contributed by atoms with Crippen LogP contribution in [0.2, 0.25) is 0 Å². The zero-order chi connectivity index (χ0) is 14.2. The van der Waals surface area contributed by atoms with E-state index in [1.807, 2.05) is 0 Å². The van der Waals surface area contributed by atoms with E-state index in [9.17, 15) is 19.7 Å². The molecule has 98 valence electrons. The second kappa shape index (κ2) is 4.37. The maximum atomic E-state index is 11.9. The van der Waals surface area contributed by atoms with Gasteiger partial charge in [0.05, 0.1) is 23.5 Å². The second-order valence-corrected chi connectivity index (χ2v) is 3.53. The minimum absolute atomic E-state index is 0.0761. The predicted molar refractivity (Wildman–Crippen MR) is 62.5 cm³/mol. The quantitative estimate of drug-likeness (QED) is 0.610. The number of aromatic nitrogens is 2. The van der Waals surface area contributed by atoms with Crippen LogP contribution in [0.15, 0.2) is 16.9 Å². The van der Waals surface area contributed by atoms with Crippen LogP contribution in [0, 0.1) is 10.1 Å². The van der Waals surface area contributed by atoms with Gasteiger partial charge in [0.15, 0.2) is 0 Å². The summed E-state index contributed by atoms with van der Waals surface area (Å²) >= 11 is 0. The van der Waals surface area contributed by atoms with Crippen molar-refractivity contribution in [3.05, 3.63) is 38.2 Å². The molecule has 9 heteroatoms. The van der Waals surface area contributed by atoms with E-state index in [0.29, 0.717) is 0 Å². The first-order valence-electron chi connectivity index (χ1n) is 4.93. The molecule has 0 unspecified atom stereocenters. The molecule has 0 bridgehead atoms. The first kappa shape index (κ1) is 12.5. The first-order valence-corrected chi connectivity index (χ1v) is 4.93. The zero-order valence-corrected chi connectivity index (χ0v) is 9.54. The van der Waals surface area contributed by atoms with Crippen molar-refractivity contribution in [3.8, 4) is 5.75 Å². The van der Waals surface area contributed by atoms with Crippen LogP contribution in [0.4, 0.5) is 5.69 Å². The van der Waals surface area contributed by atoms with Gasteiger partial charge in [0.2, 0.25) is 11.1 Å². The van der Waals surface area contributed by atoms with Crippen LogP contribution in [0.25, 0.3) is 10.9 Å². The van der Waals surface area contributed by atoms with E-state index < -0.39 is 27.7 Å². The summed E-state index contributed by atoms with van der Waals surface area (Å²) < 4.78 is 4.84. The summed E-state index contributed by atoms with van der Waals surface area (Å²) in [5.74, 6) is -1.44. The van der Waals surface area contributed by atoms with Crippen molar-refractivity contribution in [2.45, 2.75) is 0 Å². The Morgan fingerprint density at radius 2 is 2.21 bits per heavy atom. The molecule has 1 heterocycles. The smallest absolute Gasteiger partial charge is 0.360 e. The lowest BCUT2D eigenvalue weighted by atomic mass is 10.1. The molecule has 1 aromatic carbocycles. The number of H-pyrrole nitrogens is 1. The molecule has 0 amide bonds. The van der Waals surface area contributed by atoms with Gasteiger partial charge in [-0.3, -0.25) is 20.0 Å². The normalized spacial score (nSPS) is 10.4. The molecule has 0 fully saturated rings. The number of methoxy groups -OCH3 is 1. The second-order valence-electron chi connectivity index (χ2n) is 3.53. The number of aromatic carboxylic acids is 1. The average molecular weight is 265 g/mol. The fourth-order valence-corrected chi connectivity index (χ4v) is 1.59. The molecule has 9 nitrogen and oxygen atoms in total. The van der Waals surface area contributed by atoms with Gasteiger partial charge in [0, 0.05) is 0 Å². The Hall–Kier alpha value is -2.97. The van der Waals surface area contributed by atoms with Crippen LogP contribution < -0.4 is 10.2 Å². The number of nitro groups is 1. The first-order chi connectivity index (χ1) is 8.95. The highest BCUT2D eigenvalue weighted by Crippen LogP contribution is 2.27. The summed E-state index contributed by atoms with van der Waals surface area (Å²) in [5, 5.41) is 25.0. The summed E-state index contributed by atoms with van der Waals surface area (Å²) in [7, 11) is 1.28. The topological polar surface area (TPSA) is 135 Å². The van der Waals surface area contributed by atoms with Crippen molar-refractivity contribution in [2.24, 2.45) is 0 Å². The third-order valence-corrected chi connectivity index (χ3v) is 2.47. The summed E-state index contributed by atoms with van der Waals surface area (Å²) in [6, 6.07) is 2.33. The molecule has 0 spiro atoms. The van der Waals surface area contributed by atoms with Crippen molar-refractivity contribution in [1.29, 1.82) is 0 Å². The number of rotatable bonds is 3. The van der Waals surface area contributed by atoms with E-state index in [2.05, 4.69) is 10.2 Å². The molecule has 0 aliphatic carbocycles. The molecule has 0 aliphatic heterocycles. The largest absolute Gasteiger partial charge is 0.496 e. The van der Waals surface area contributed by atoms with Gasteiger partial charge in [-0.2, -0.15) is 5.10 Å². The molecule has 2 aromatic rings. The Labute approximate surface area is 104 Å². The number of carbonyl (C=O) groups is 1. The molecule has 0 aliphatic rings. The van der Waals surface area contributed by atoms with Gasteiger partial charge in [0.25, 0.3) is 5.69 Å². The number of fused-ring (bicyclic) bond motifs is 1. The Morgan fingerprint density at radius 3 is 2.74 bits per heavy atom. The number of carboxylic acids is 1. The number of aromatic amines is 1. The number of non-ortho nitro benzene ring substituents is 1. The molecule has 0 radical (unpaired) electrons. The van der Waals surface area contributed by atoms with E-state index in [0.717, 1.165) is 6.07 Å². The number of benzene rings is 1. The van der Waals surface area contributed by atoms with Crippen LogP contribution in [-0.4, -0.2) is 33.3 Å². The van der Waals surface area contributed by atoms with E-state index in [1.165, 1.54) is 13.2 Å². The molecule has 19 heavy (non-hydrogen) atoms. The van der Waals surface area contributed by atoms with Crippen molar-refractivity contribution in [1.82, 2.24) is 10.2 Å². The highest BCUT2D eigenvalue weighted by Gasteiger charge is 2.21. The van der Waals surface area contributed by atoms with Gasteiger partial charge in [-0.1, -0.05) is 0 Å². The van der Waals surface area contributed by atoms with Crippen molar-refractivity contribution in [2.75, 3.05) is 7.11 Å². The Bertz CT molecular complexity index is 751.